The molecule has 0 aliphatic carbocycles. The molecule has 0 radical (unpaired) electrons. The average molecular weight is 132 g/mol. The third-order valence-corrected chi connectivity index (χ3v) is 2.03. The maximum Gasteiger partial charge on any atom is 0.130 e. The third kappa shape index (κ3) is 6.10. The zero-order valence-corrected chi connectivity index (χ0v) is 6.66. The SMILES string of the molecule is CC(=O)CCP(C)C. The molecule has 0 unspecified atom stereocenters. The van der Waals surface area contributed by atoms with Crippen LogP contribution < -0.4 is 0 Å². The summed E-state index contributed by atoms with van der Waals surface area (Å²) in [4.78, 5) is 10.4. The number of ketones is 1. The molecule has 0 amide bonds. The lowest BCUT2D eigenvalue weighted by Gasteiger charge is -1.99. The van der Waals surface area contributed by atoms with Gasteiger partial charge in [-0.3, -0.25) is 0 Å². The second kappa shape index (κ2) is 4.03. The Morgan fingerprint density at radius 1 is 1.50 bits per heavy atom. The summed E-state index contributed by atoms with van der Waals surface area (Å²) in [5.74, 6) is 0.321. The van der Waals surface area contributed by atoms with Crippen LogP contribution in [0.4, 0.5) is 0 Å². The standard InChI is InChI=1S/C6H13OP/c1-6(7)4-5-8(2)3/h4-5H2,1-3H3. The molecule has 0 aromatic carbocycles. The average Bonchev–Trinajstić information content (AvgIpc) is 1.61. The monoisotopic (exact) mass is 132 g/mol. The molecule has 1 nitrogen and oxygen atoms in total. The molecule has 0 saturated heterocycles. The predicted octanol–water partition coefficient (Wildman–Crippen LogP) is 1.71. The predicted molar refractivity (Wildman–Crippen MR) is 38.9 cm³/mol. The molecule has 0 aliphatic rings. The lowest BCUT2D eigenvalue weighted by Crippen LogP contribution is -1.92. The second-order valence-corrected chi connectivity index (χ2v) is 4.86. The van der Waals surface area contributed by atoms with Gasteiger partial charge in [0.1, 0.15) is 5.78 Å². The molecule has 0 aliphatic heterocycles. The van der Waals surface area contributed by atoms with Crippen molar-refractivity contribution in [2.75, 3.05) is 19.5 Å². The number of Topliss-reactive ketones (excluding diaryl/α,β-unsaturated/α-hetero) is 1. The molecule has 0 fully saturated rings. The van der Waals surface area contributed by atoms with Crippen LogP contribution in [-0.2, 0) is 4.79 Å². The van der Waals surface area contributed by atoms with Crippen molar-refractivity contribution in [3.63, 3.8) is 0 Å². The van der Waals surface area contributed by atoms with Crippen molar-refractivity contribution in [1.29, 1.82) is 0 Å². The summed E-state index contributed by atoms with van der Waals surface area (Å²) in [5, 5.41) is 0. The summed E-state index contributed by atoms with van der Waals surface area (Å²) in [6.45, 7) is 6.04. The molecule has 0 aromatic rings. The lowest BCUT2D eigenvalue weighted by molar-refractivity contribution is -0.116. The molecule has 8 heavy (non-hydrogen) atoms. The fourth-order valence-corrected chi connectivity index (χ4v) is 1.14. The van der Waals surface area contributed by atoms with Crippen molar-refractivity contribution in [3.8, 4) is 0 Å². The Morgan fingerprint density at radius 3 is 2.12 bits per heavy atom. The Balaban J connectivity index is 3.05. The van der Waals surface area contributed by atoms with Crippen LogP contribution in [-0.4, -0.2) is 25.3 Å². The maximum absolute atomic E-state index is 10.4. The summed E-state index contributed by atoms with van der Waals surface area (Å²) < 4.78 is 0. The van der Waals surface area contributed by atoms with Crippen LogP contribution in [0.25, 0.3) is 0 Å². The van der Waals surface area contributed by atoms with Gasteiger partial charge in [0, 0.05) is 6.42 Å². The summed E-state index contributed by atoms with van der Waals surface area (Å²) >= 11 is 0. The maximum atomic E-state index is 10.4. The van der Waals surface area contributed by atoms with Gasteiger partial charge in [-0.25, -0.2) is 0 Å². The van der Waals surface area contributed by atoms with Gasteiger partial charge in [0.05, 0.1) is 0 Å². The van der Waals surface area contributed by atoms with Gasteiger partial charge in [0.2, 0.25) is 0 Å². The Bertz CT molecular complexity index is 78.6. The van der Waals surface area contributed by atoms with E-state index < -0.39 is 0 Å². The van der Waals surface area contributed by atoms with Crippen LogP contribution in [0.15, 0.2) is 0 Å². The summed E-state index contributed by atoms with van der Waals surface area (Å²) in [5.41, 5.74) is 0. The van der Waals surface area contributed by atoms with E-state index in [0.29, 0.717) is 5.78 Å². The Kier molecular flexibility index (Phi) is 4.08. The largest absolute Gasteiger partial charge is 0.300 e. The van der Waals surface area contributed by atoms with Crippen molar-refractivity contribution < 1.29 is 4.79 Å². The minimum absolute atomic E-state index is 0.146. The minimum atomic E-state index is 0.146. The zero-order valence-electron chi connectivity index (χ0n) is 5.77. The molecule has 0 heterocycles. The highest BCUT2D eigenvalue weighted by Gasteiger charge is 1.94. The van der Waals surface area contributed by atoms with E-state index in [-0.39, 0.29) is 7.92 Å². The van der Waals surface area contributed by atoms with E-state index in [9.17, 15) is 4.79 Å². The smallest absolute Gasteiger partial charge is 0.130 e. The van der Waals surface area contributed by atoms with Gasteiger partial charge >= 0.3 is 0 Å². The molecular formula is C6H13OP. The first-order chi connectivity index (χ1) is 3.63. The van der Waals surface area contributed by atoms with E-state index in [2.05, 4.69) is 13.3 Å². The zero-order chi connectivity index (χ0) is 6.57. The van der Waals surface area contributed by atoms with Gasteiger partial charge in [-0.2, -0.15) is 0 Å². The van der Waals surface area contributed by atoms with Crippen LogP contribution in [0.5, 0.6) is 0 Å². The van der Waals surface area contributed by atoms with Crippen LogP contribution >= 0.6 is 7.92 Å². The summed E-state index contributed by atoms with van der Waals surface area (Å²) in [6, 6.07) is 0. The topological polar surface area (TPSA) is 17.1 Å². The number of rotatable bonds is 3. The first-order valence-corrected chi connectivity index (χ1v) is 5.19. The molecular weight excluding hydrogens is 119 g/mol. The number of hydrogen-bond acceptors (Lipinski definition) is 1. The van der Waals surface area contributed by atoms with Crippen molar-refractivity contribution in [3.05, 3.63) is 0 Å². The van der Waals surface area contributed by atoms with Gasteiger partial charge in [0.15, 0.2) is 0 Å². The molecule has 0 rings (SSSR count). The van der Waals surface area contributed by atoms with Crippen molar-refractivity contribution in [2.24, 2.45) is 0 Å². The molecule has 0 N–H and O–H groups in total. The Labute approximate surface area is 52.2 Å². The van der Waals surface area contributed by atoms with Crippen LogP contribution in [0, 0.1) is 0 Å². The van der Waals surface area contributed by atoms with Gasteiger partial charge in [-0.05, 0) is 26.4 Å². The number of hydrogen-bond donors (Lipinski definition) is 0. The molecule has 0 aromatic heterocycles. The van der Waals surface area contributed by atoms with Crippen LogP contribution in [0.1, 0.15) is 13.3 Å². The molecule has 0 atom stereocenters. The first-order valence-electron chi connectivity index (χ1n) is 2.77. The lowest BCUT2D eigenvalue weighted by atomic mass is 10.4. The molecule has 0 saturated carbocycles. The van der Waals surface area contributed by atoms with E-state index in [4.69, 9.17) is 0 Å². The highest BCUT2D eigenvalue weighted by atomic mass is 31.1. The minimum Gasteiger partial charge on any atom is -0.300 e. The van der Waals surface area contributed by atoms with E-state index >= 15 is 0 Å². The fourth-order valence-electron chi connectivity index (χ4n) is 0.381. The third-order valence-electron chi connectivity index (χ3n) is 0.911. The van der Waals surface area contributed by atoms with E-state index in [1.807, 2.05) is 0 Å². The normalized spacial score (nSPS) is 10.0. The van der Waals surface area contributed by atoms with E-state index in [1.54, 1.807) is 6.92 Å². The highest BCUT2D eigenvalue weighted by molar-refractivity contribution is 7.56. The molecule has 0 bridgehead atoms. The van der Waals surface area contributed by atoms with Gasteiger partial charge in [-0.15, -0.1) is 7.92 Å². The second-order valence-electron chi connectivity index (χ2n) is 2.26. The van der Waals surface area contributed by atoms with Crippen LogP contribution in [0.2, 0.25) is 0 Å². The van der Waals surface area contributed by atoms with Gasteiger partial charge < -0.3 is 4.79 Å². The van der Waals surface area contributed by atoms with Crippen molar-refractivity contribution in [1.82, 2.24) is 0 Å². The quantitative estimate of drug-likeness (QED) is 0.534. The van der Waals surface area contributed by atoms with Crippen molar-refractivity contribution in [2.45, 2.75) is 13.3 Å². The van der Waals surface area contributed by atoms with Crippen LogP contribution in [0.3, 0.4) is 0 Å². The Morgan fingerprint density at radius 2 is 2.00 bits per heavy atom. The number of carbonyl (C=O) groups excluding carboxylic acids is 1. The molecule has 48 valence electrons. The highest BCUT2D eigenvalue weighted by Crippen LogP contribution is 2.24. The summed E-state index contributed by atoms with van der Waals surface area (Å²) in [6.07, 6.45) is 1.88. The Hall–Kier alpha value is 0.100. The van der Waals surface area contributed by atoms with Crippen molar-refractivity contribution >= 4 is 13.7 Å². The van der Waals surface area contributed by atoms with Gasteiger partial charge in [-0.1, -0.05) is 0 Å². The fraction of sp³-hybridized carbons (Fsp3) is 0.833. The van der Waals surface area contributed by atoms with E-state index in [0.717, 1.165) is 12.6 Å². The van der Waals surface area contributed by atoms with Gasteiger partial charge in [0.25, 0.3) is 0 Å². The summed E-state index contributed by atoms with van der Waals surface area (Å²) in [7, 11) is 0.146. The van der Waals surface area contributed by atoms with E-state index in [1.165, 1.54) is 0 Å². The molecule has 2 heteroatoms. The first kappa shape index (κ1) is 8.10. The molecule has 0 spiro atoms. The number of carbonyl (C=O) groups is 1.